The lowest BCUT2D eigenvalue weighted by Gasteiger charge is -2.10. The molecule has 0 aliphatic rings. The van der Waals surface area contributed by atoms with Crippen molar-refractivity contribution in [2.45, 2.75) is 12.8 Å². The Morgan fingerprint density at radius 2 is 1.95 bits per heavy atom. The van der Waals surface area contributed by atoms with Gasteiger partial charge in [0, 0.05) is 20.5 Å². The van der Waals surface area contributed by atoms with Crippen molar-refractivity contribution in [2.75, 3.05) is 33.0 Å². The molecule has 0 atom stereocenters. The standard InChI is InChI=1S/C14H20N2O4/c1-16(2)13(17)8-5-9-19-14(18)10-20-12-7-4-3-6-11(12)15/h3-4,6-7H,5,8-10,15H2,1-2H3. The molecule has 0 saturated carbocycles. The van der Waals surface area contributed by atoms with Crippen molar-refractivity contribution in [3.8, 4) is 5.75 Å². The first-order valence-electron chi connectivity index (χ1n) is 6.34. The summed E-state index contributed by atoms with van der Waals surface area (Å²) in [4.78, 5) is 24.2. The van der Waals surface area contributed by atoms with Crippen molar-refractivity contribution in [1.82, 2.24) is 4.90 Å². The van der Waals surface area contributed by atoms with Gasteiger partial charge in [-0.1, -0.05) is 12.1 Å². The minimum Gasteiger partial charge on any atom is -0.480 e. The predicted octanol–water partition coefficient (Wildman–Crippen LogP) is 1.06. The van der Waals surface area contributed by atoms with Crippen LogP contribution in [0.5, 0.6) is 5.75 Å². The number of rotatable bonds is 7. The molecule has 0 heterocycles. The molecule has 20 heavy (non-hydrogen) atoms. The second-order valence-electron chi connectivity index (χ2n) is 4.44. The number of carbonyl (C=O) groups excluding carboxylic acids is 2. The maximum absolute atomic E-state index is 11.4. The number of ether oxygens (including phenoxy) is 2. The second kappa shape index (κ2) is 8.04. The van der Waals surface area contributed by atoms with Crippen molar-refractivity contribution in [3.63, 3.8) is 0 Å². The van der Waals surface area contributed by atoms with E-state index in [4.69, 9.17) is 15.2 Å². The van der Waals surface area contributed by atoms with Gasteiger partial charge in [-0.2, -0.15) is 0 Å². The summed E-state index contributed by atoms with van der Waals surface area (Å²) in [6, 6.07) is 6.91. The molecule has 0 radical (unpaired) electrons. The summed E-state index contributed by atoms with van der Waals surface area (Å²) < 4.78 is 10.2. The lowest BCUT2D eigenvalue weighted by atomic mass is 10.3. The fraction of sp³-hybridized carbons (Fsp3) is 0.429. The fourth-order valence-electron chi connectivity index (χ4n) is 1.42. The number of amides is 1. The molecule has 1 rings (SSSR count). The van der Waals surface area contributed by atoms with Crippen LogP contribution >= 0.6 is 0 Å². The third-order valence-corrected chi connectivity index (χ3v) is 2.56. The van der Waals surface area contributed by atoms with Gasteiger partial charge in [-0.3, -0.25) is 4.79 Å². The van der Waals surface area contributed by atoms with Crippen LogP contribution in [0.4, 0.5) is 5.69 Å². The van der Waals surface area contributed by atoms with Gasteiger partial charge in [0.1, 0.15) is 5.75 Å². The molecule has 1 aromatic rings. The molecule has 110 valence electrons. The van der Waals surface area contributed by atoms with E-state index in [2.05, 4.69) is 0 Å². The Morgan fingerprint density at radius 1 is 1.25 bits per heavy atom. The van der Waals surface area contributed by atoms with E-state index in [-0.39, 0.29) is 19.1 Å². The van der Waals surface area contributed by atoms with Crippen molar-refractivity contribution in [1.29, 1.82) is 0 Å². The Morgan fingerprint density at radius 3 is 2.60 bits per heavy atom. The van der Waals surface area contributed by atoms with E-state index in [1.54, 1.807) is 38.4 Å². The number of benzene rings is 1. The van der Waals surface area contributed by atoms with Crippen molar-refractivity contribution >= 4 is 17.6 Å². The molecule has 6 nitrogen and oxygen atoms in total. The minimum atomic E-state index is -0.481. The quantitative estimate of drug-likeness (QED) is 0.459. The van der Waals surface area contributed by atoms with Crippen LogP contribution in [0.3, 0.4) is 0 Å². The zero-order chi connectivity index (χ0) is 15.0. The van der Waals surface area contributed by atoms with E-state index in [1.165, 1.54) is 4.90 Å². The van der Waals surface area contributed by atoms with Crippen molar-refractivity contribution in [3.05, 3.63) is 24.3 Å². The Balaban J connectivity index is 2.18. The molecule has 0 aromatic heterocycles. The molecule has 2 N–H and O–H groups in total. The first kappa shape index (κ1) is 15.8. The highest BCUT2D eigenvalue weighted by atomic mass is 16.6. The molecule has 6 heteroatoms. The van der Waals surface area contributed by atoms with Crippen LogP contribution in [0, 0.1) is 0 Å². The summed E-state index contributed by atoms with van der Waals surface area (Å²) in [5.41, 5.74) is 6.14. The average Bonchev–Trinajstić information content (AvgIpc) is 2.42. The van der Waals surface area contributed by atoms with Gasteiger partial charge < -0.3 is 20.1 Å². The van der Waals surface area contributed by atoms with Crippen LogP contribution in [0.25, 0.3) is 0 Å². The van der Waals surface area contributed by atoms with Gasteiger partial charge in [-0.25, -0.2) is 4.79 Å². The molecule has 0 aliphatic carbocycles. The van der Waals surface area contributed by atoms with Crippen LogP contribution in [0.2, 0.25) is 0 Å². The first-order valence-corrected chi connectivity index (χ1v) is 6.34. The Kier molecular flexibility index (Phi) is 6.36. The number of hydrogen-bond donors (Lipinski definition) is 1. The molecule has 0 spiro atoms. The Hall–Kier alpha value is -2.24. The SMILES string of the molecule is CN(C)C(=O)CCCOC(=O)COc1ccccc1N. The Labute approximate surface area is 118 Å². The number of nitrogens with zero attached hydrogens (tertiary/aromatic N) is 1. The maximum Gasteiger partial charge on any atom is 0.344 e. The van der Waals surface area contributed by atoms with Gasteiger partial charge in [0.25, 0.3) is 0 Å². The predicted molar refractivity (Wildman–Crippen MR) is 75.2 cm³/mol. The summed E-state index contributed by atoms with van der Waals surface area (Å²) in [6.45, 7) is 0.00187. The van der Waals surface area contributed by atoms with Crippen LogP contribution < -0.4 is 10.5 Å². The number of esters is 1. The van der Waals surface area contributed by atoms with Gasteiger partial charge in [0.2, 0.25) is 5.91 Å². The zero-order valence-electron chi connectivity index (χ0n) is 11.8. The van der Waals surface area contributed by atoms with Crippen LogP contribution in [-0.4, -0.2) is 44.1 Å². The highest BCUT2D eigenvalue weighted by Crippen LogP contribution is 2.19. The highest BCUT2D eigenvalue weighted by molar-refractivity contribution is 5.75. The van der Waals surface area contributed by atoms with E-state index < -0.39 is 5.97 Å². The van der Waals surface area contributed by atoms with Crippen LogP contribution in [-0.2, 0) is 14.3 Å². The van der Waals surface area contributed by atoms with Crippen LogP contribution in [0.1, 0.15) is 12.8 Å². The summed E-state index contributed by atoms with van der Waals surface area (Å²) in [5, 5.41) is 0. The van der Waals surface area contributed by atoms with Crippen molar-refractivity contribution < 1.29 is 19.1 Å². The molecule has 0 saturated heterocycles. The number of nitrogens with two attached hydrogens (primary N) is 1. The molecule has 0 fully saturated rings. The molecule has 0 bridgehead atoms. The molecule has 1 aromatic carbocycles. The van der Waals surface area contributed by atoms with Gasteiger partial charge in [-0.15, -0.1) is 0 Å². The van der Waals surface area contributed by atoms with Gasteiger partial charge in [0.05, 0.1) is 12.3 Å². The van der Waals surface area contributed by atoms with Gasteiger partial charge in [-0.05, 0) is 18.6 Å². The number of anilines is 1. The van der Waals surface area contributed by atoms with Gasteiger partial charge in [0.15, 0.2) is 6.61 Å². The minimum absolute atomic E-state index is 0.00866. The first-order chi connectivity index (χ1) is 9.50. The van der Waals surface area contributed by atoms with E-state index >= 15 is 0 Å². The molecular formula is C14H20N2O4. The molecule has 1 amide bonds. The van der Waals surface area contributed by atoms with Crippen molar-refractivity contribution in [2.24, 2.45) is 0 Å². The average molecular weight is 280 g/mol. The lowest BCUT2D eigenvalue weighted by molar-refractivity contribution is -0.146. The topological polar surface area (TPSA) is 81.9 Å². The largest absolute Gasteiger partial charge is 0.480 e. The van der Waals surface area contributed by atoms with E-state index in [0.717, 1.165) is 0 Å². The molecular weight excluding hydrogens is 260 g/mol. The zero-order valence-corrected chi connectivity index (χ0v) is 11.8. The van der Waals surface area contributed by atoms with E-state index in [0.29, 0.717) is 24.3 Å². The Bertz CT molecular complexity index is 460. The summed E-state index contributed by atoms with van der Waals surface area (Å²) in [6.07, 6.45) is 0.850. The number of para-hydroxylation sites is 2. The maximum atomic E-state index is 11.4. The normalized spacial score (nSPS) is 9.90. The lowest BCUT2D eigenvalue weighted by Crippen LogP contribution is -2.22. The second-order valence-corrected chi connectivity index (χ2v) is 4.44. The number of nitrogen functional groups attached to an aromatic ring is 1. The number of carbonyl (C=O) groups is 2. The fourth-order valence-corrected chi connectivity index (χ4v) is 1.42. The smallest absolute Gasteiger partial charge is 0.344 e. The third-order valence-electron chi connectivity index (χ3n) is 2.56. The highest BCUT2D eigenvalue weighted by Gasteiger charge is 2.07. The van der Waals surface area contributed by atoms with Crippen LogP contribution in [0.15, 0.2) is 24.3 Å². The molecule has 0 unspecified atom stereocenters. The van der Waals surface area contributed by atoms with E-state index in [9.17, 15) is 9.59 Å². The van der Waals surface area contributed by atoms with Gasteiger partial charge >= 0.3 is 5.97 Å². The third kappa shape index (κ3) is 5.60. The molecule has 0 aliphatic heterocycles. The van der Waals surface area contributed by atoms with E-state index in [1.807, 2.05) is 0 Å². The summed E-state index contributed by atoms with van der Waals surface area (Å²) >= 11 is 0. The summed E-state index contributed by atoms with van der Waals surface area (Å²) in [7, 11) is 3.37. The monoisotopic (exact) mass is 280 g/mol. The summed E-state index contributed by atoms with van der Waals surface area (Å²) in [5.74, 6) is -0.0212. The number of hydrogen-bond acceptors (Lipinski definition) is 5.